The molecule has 3 nitrogen and oxygen atoms in total. The molecule has 0 aromatic carbocycles. The predicted octanol–water partition coefficient (Wildman–Crippen LogP) is 0.278. The molecule has 3 heteroatoms. The summed E-state index contributed by atoms with van der Waals surface area (Å²) in [7, 11) is 2.00. The van der Waals surface area contributed by atoms with Crippen molar-refractivity contribution < 1.29 is 9.90 Å². The lowest BCUT2D eigenvalue weighted by Gasteiger charge is -2.19. The van der Waals surface area contributed by atoms with Gasteiger partial charge in [0.25, 0.3) is 0 Å². The summed E-state index contributed by atoms with van der Waals surface area (Å²) < 4.78 is 0. The Morgan fingerprint density at radius 3 is 2.50 bits per heavy atom. The van der Waals surface area contributed by atoms with E-state index in [1.54, 1.807) is 13.8 Å². The van der Waals surface area contributed by atoms with E-state index in [1.807, 2.05) is 7.05 Å². The van der Waals surface area contributed by atoms with Crippen molar-refractivity contribution in [1.82, 2.24) is 4.90 Å². The van der Waals surface area contributed by atoms with Gasteiger partial charge in [0.2, 0.25) is 0 Å². The number of rotatable bonds is 2. The highest BCUT2D eigenvalue weighted by Gasteiger charge is 2.34. The molecule has 0 aromatic heterocycles. The van der Waals surface area contributed by atoms with Gasteiger partial charge >= 0.3 is 0 Å². The minimum Gasteiger partial charge on any atom is -0.383 e. The lowest BCUT2D eigenvalue weighted by Crippen LogP contribution is -2.37. The number of Topliss-reactive ketones (excluding diaryl/α,β-unsaturated/α-hetero) is 1. The molecular formula is C9H17NO2. The second kappa shape index (κ2) is 3.15. The second-order valence-electron chi connectivity index (χ2n) is 4.17. The molecule has 1 atom stereocenters. The number of ketones is 1. The third kappa shape index (κ3) is 2.05. The molecule has 0 aromatic rings. The molecule has 0 radical (unpaired) electrons. The molecule has 1 rings (SSSR count). The van der Waals surface area contributed by atoms with E-state index < -0.39 is 5.60 Å². The average molecular weight is 171 g/mol. The fourth-order valence-corrected chi connectivity index (χ4v) is 1.65. The Balaban J connectivity index is 2.55. The Hall–Kier alpha value is -0.410. The maximum Gasteiger partial charge on any atom is 0.168 e. The van der Waals surface area contributed by atoms with Crippen LogP contribution < -0.4 is 0 Å². The van der Waals surface area contributed by atoms with E-state index >= 15 is 0 Å². The zero-order valence-electron chi connectivity index (χ0n) is 8.00. The summed E-state index contributed by atoms with van der Waals surface area (Å²) in [6, 6.07) is 0. The first-order valence-corrected chi connectivity index (χ1v) is 4.36. The third-order valence-electron chi connectivity index (χ3n) is 2.37. The molecule has 0 aliphatic carbocycles. The zero-order valence-corrected chi connectivity index (χ0v) is 8.00. The van der Waals surface area contributed by atoms with E-state index in [-0.39, 0.29) is 11.7 Å². The van der Waals surface area contributed by atoms with Crippen LogP contribution in [0.3, 0.4) is 0 Å². The SMILES string of the molecule is CN1CCC(C(=O)C(C)(C)O)C1. The molecule has 70 valence electrons. The van der Waals surface area contributed by atoms with Crippen molar-refractivity contribution in [1.29, 1.82) is 0 Å². The molecule has 12 heavy (non-hydrogen) atoms. The number of likely N-dealkylation sites (tertiary alicyclic amines) is 1. The average Bonchev–Trinajstić information content (AvgIpc) is 2.32. The quantitative estimate of drug-likeness (QED) is 0.648. The number of hydrogen-bond acceptors (Lipinski definition) is 3. The molecule has 0 amide bonds. The van der Waals surface area contributed by atoms with Gasteiger partial charge in [-0.15, -0.1) is 0 Å². The Labute approximate surface area is 73.4 Å². The first-order valence-electron chi connectivity index (χ1n) is 4.36. The van der Waals surface area contributed by atoms with Crippen LogP contribution in [0.5, 0.6) is 0 Å². The van der Waals surface area contributed by atoms with Crippen LogP contribution in [-0.4, -0.2) is 41.5 Å². The van der Waals surface area contributed by atoms with Crippen LogP contribution in [0.4, 0.5) is 0 Å². The number of carbonyl (C=O) groups is 1. The van der Waals surface area contributed by atoms with Crippen molar-refractivity contribution in [3.05, 3.63) is 0 Å². The van der Waals surface area contributed by atoms with Gasteiger partial charge < -0.3 is 10.0 Å². The van der Waals surface area contributed by atoms with Gasteiger partial charge in [-0.1, -0.05) is 0 Å². The lowest BCUT2D eigenvalue weighted by molar-refractivity contribution is -0.137. The zero-order chi connectivity index (χ0) is 9.35. The normalized spacial score (nSPS) is 26.2. The van der Waals surface area contributed by atoms with Gasteiger partial charge in [-0.3, -0.25) is 4.79 Å². The summed E-state index contributed by atoms with van der Waals surface area (Å²) in [4.78, 5) is 13.7. The standard InChI is InChI=1S/C9H17NO2/c1-9(2,12)8(11)7-4-5-10(3)6-7/h7,12H,4-6H2,1-3H3. The first kappa shape index (κ1) is 9.68. The summed E-state index contributed by atoms with van der Waals surface area (Å²) in [5.41, 5.74) is -1.16. The maximum atomic E-state index is 11.5. The molecule has 1 unspecified atom stereocenters. The Morgan fingerprint density at radius 1 is 1.58 bits per heavy atom. The van der Waals surface area contributed by atoms with Crippen LogP contribution in [0.15, 0.2) is 0 Å². The highest BCUT2D eigenvalue weighted by molar-refractivity contribution is 5.88. The monoisotopic (exact) mass is 171 g/mol. The number of carbonyl (C=O) groups excluding carboxylic acids is 1. The predicted molar refractivity (Wildman–Crippen MR) is 46.9 cm³/mol. The highest BCUT2D eigenvalue weighted by Crippen LogP contribution is 2.20. The minimum atomic E-state index is -1.16. The third-order valence-corrected chi connectivity index (χ3v) is 2.37. The number of nitrogens with zero attached hydrogens (tertiary/aromatic N) is 1. The van der Waals surface area contributed by atoms with E-state index in [2.05, 4.69) is 4.90 Å². The van der Waals surface area contributed by atoms with Gasteiger partial charge in [-0.25, -0.2) is 0 Å². The Morgan fingerprint density at radius 2 is 2.17 bits per heavy atom. The van der Waals surface area contributed by atoms with E-state index in [1.165, 1.54) is 0 Å². The van der Waals surface area contributed by atoms with E-state index in [0.29, 0.717) is 0 Å². The van der Waals surface area contributed by atoms with Gasteiger partial charge in [0.05, 0.1) is 0 Å². The van der Waals surface area contributed by atoms with Crippen molar-refractivity contribution in [2.45, 2.75) is 25.9 Å². The molecule has 0 saturated carbocycles. The van der Waals surface area contributed by atoms with Crippen LogP contribution >= 0.6 is 0 Å². The number of aliphatic hydroxyl groups is 1. The molecule has 0 bridgehead atoms. The largest absolute Gasteiger partial charge is 0.383 e. The van der Waals surface area contributed by atoms with Crippen LogP contribution in [-0.2, 0) is 4.79 Å². The molecule has 1 fully saturated rings. The van der Waals surface area contributed by atoms with E-state index in [0.717, 1.165) is 19.5 Å². The summed E-state index contributed by atoms with van der Waals surface area (Å²) in [5.74, 6) is 0.0156. The summed E-state index contributed by atoms with van der Waals surface area (Å²) in [5, 5.41) is 9.46. The van der Waals surface area contributed by atoms with Crippen LogP contribution in [0.2, 0.25) is 0 Å². The minimum absolute atomic E-state index is 0.0214. The number of hydrogen-bond donors (Lipinski definition) is 1. The van der Waals surface area contributed by atoms with Gasteiger partial charge in [-0.05, 0) is 33.9 Å². The molecule has 1 aliphatic heterocycles. The molecular weight excluding hydrogens is 154 g/mol. The highest BCUT2D eigenvalue weighted by atomic mass is 16.3. The van der Waals surface area contributed by atoms with Crippen LogP contribution in [0.1, 0.15) is 20.3 Å². The van der Waals surface area contributed by atoms with Crippen molar-refractivity contribution in [3.8, 4) is 0 Å². The lowest BCUT2D eigenvalue weighted by atomic mass is 9.91. The fourth-order valence-electron chi connectivity index (χ4n) is 1.65. The van der Waals surface area contributed by atoms with Gasteiger partial charge in [0.15, 0.2) is 5.78 Å². The smallest absolute Gasteiger partial charge is 0.168 e. The Kier molecular flexibility index (Phi) is 2.54. The van der Waals surface area contributed by atoms with Gasteiger partial charge in [0.1, 0.15) is 5.60 Å². The summed E-state index contributed by atoms with van der Waals surface area (Å²) in [6.45, 7) is 4.89. The maximum absolute atomic E-state index is 11.5. The van der Waals surface area contributed by atoms with E-state index in [4.69, 9.17) is 0 Å². The van der Waals surface area contributed by atoms with Crippen molar-refractivity contribution in [3.63, 3.8) is 0 Å². The molecule has 1 heterocycles. The second-order valence-corrected chi connectivity index (χ2v) is 4.17. The van der Waals surface area contributed by atoms with Gasteiger partial charge in [0, 0.05) is 12.5 Å². The fraction of sp³-hybridized carbons (Fsp3) is 0.889. The van der Waals surface area contributed by atoms with Crippen molar-refractivity contribution in [2.24, 2.45) is 5.92 Å². The van der Waals surface area contributed by atoms with Crippen LogP contribution in [0, 0.1) is 5.92 Å². The van der Waals surface area contributed by atoms with Crippen LogP contribution in [0.25, 0.3) is 0 Å². The summed E-state index contributed by atoms with van der Waals surface area (Å²) >= 11 is 0. The topological polar surface area (TPSA) is 40.5 Å². The van der Waals surface area contributed by atoms with Gasteiger partial charge in [-0.2, -0.15) is 0 Å². The molecule has 1 aliphatic rings. The first-order chi connectivity index (χ1) is 5.41. The molecule has 1 N–H and O–H groups in total. The van der Waals surface area contributed by atoms with Crippen molar-refractivity contribution >= 4 is 5.78 Å². The Bertz CT molecular complexity index is 183. The summed E-state index contributed by atoms with van der Waals surface area (Å²) in [6.07, 6.45) is 0.888. The van der Waals surface area contributed by atoms with E-state index in [9.17, 15) is 9.90 Å². The van der Waals surface area contributed by atoms with Crippen molar-refractivity contribution in [2.75, 3.05) is 20.1 Å². The molecule has 0 spiro atoms. The molecule has 1 saturated heterocycles.